The normalized spacial score (nSPS) is 27.7. The van der Waals surface area contributed by atoms with E-state index in [0.717, 1.165) is 12.1 Å². The minimum atomic E-state index is -0.481. The van der Waals surface area contributed by atoms with Crippen LogP contribution in [0.5, 0.6) is 0 Å². The summed E-state index contributed by atoms with van der Waals surface area (Å²) in [7, 11) is 0. The van der Waals surface area contributed by atoms with Crippen LogP contribution in [0.4, 0.5) is 8.78 Å². The van der Waals surface area contributed by atoms with Crippen molar-refractivity contribution in [2.24, 2.45) is 0 Å². The average Bonchev–Trinajstić information content (AvgIpc) is 2.68. The summed E-state index contributed by atoms with van der Waals surface area (Å²) in [6, 6.07) is 1.88. The Bertz CT molecular complexity index is 444. The molecule has 0 spiro atoms. The Labute approximate surface area is 78.9 Å². The molecule has 1 fully saturated rings. The molecular weight excluding hydrogens is 188 g/mol. The predicted molar refractivity (Wildman–Crippen MR) is 44.6 cm³/mol. The molecule has 1 N–H and O–H groups in total. The molecular formula is C10H7F2NO. The zero-order valence-electron chi connectivity index (χ0n) is 7.18. The summed E-state index contributed by atoms with van der Waals surface area (Å²) in [5, 5.41) is 2.63. The maximum Gasteiger partial charge on any atom is 0.228 e. The van der Waals surface area contributed by atoms with Crippen LogP contribution in [-0.4, -0.2) is 5.91 Å². The van der Waals surface area contributed by atoms with Crippen molar-refractivity contribution in [1.29, 1.82) is 0 Å². The Hall–Kier alpha value is -1.45. The van der Waals surface area contributed by atoms with Crippen LogP contribution in [0.3, 0.4) is 0 Å². The summed E-state index contributed by atoms with van der Waals surface area (Å²) >= 11 is 0. The van der Waals surface area contributed by atoms with Gasteiger partial charge in [0.1, 0.15) is 11.6 Å². The second-order valence-electron chi connectivity index (χ2n) is 3.71. The van der Waals surface area contributed by atoms with Gasteiger partial charge in [-0.25, -0.2) is 8.78 Å². The number of nitrogens with one attached hydrogen (secondary N) is 1. The number of hydrogen-bond donors (Lipinski definition) is 1. The van der Waals surface area contributed by atoms with E-state index in [2.05, 4.69) is 5.32 Å². The minimum absolute atomic E-state index is 0.188. The summed E-state index contributed by atoms with van der Waals surface area (Å²) in [5.41, 5.74) is 0.605. The molecule has 2 atom stereocenters. The number of fused-ring (bicyclic) bond motifs is 5. The molecule has 0 saturated carbocycles. The van der Waals surface area contributed by atoms with Gasteiger partial charge >= 0.3 is 0 Å². The highest BCUT2D eigenvalue weighted by Crippen LogP contribution is 2.47. The molecule has 4 heteroatoms. The molecule has 72 valence electrons. The average molecular weight is 195 g/mol. The van der Waals surface area contributed by atoms with Crippen molar-refractivity contribution in [2.45, 2.75) is 18.4 Å². The van der Waals surface area contributed by atoms with Crippen LogP contribution in [-0.2, 0) is 4.79 Å². The van der Waals surface area contributed by atoms with E-state index in [1.807, 2.05) is 0 Å². The first-order chi connectivity index (χ1) is 6.68. The Kier molecular flexibility index (Phi) is 1.31. The molecule has 2 unspecified atom stereocenters. The lowest BCUT2D eigenvalue weighted by Crippen LogP contribution is -2.27. The number of benzene rings is 1. The molecule has 1 aromatic rings. The van der Waals surface area contributed by atoms with Crippen LogP contribution in [0.15, 0.2) is 12.1 Å². The van der Waals surface area contributed by atoms with Crippen LogP contribution >= 0.6 is 0 Å². The summed E-state index contributed by atoms with van der Waals surface area (Å²) < 4.78 is 26.7. The van der Waals surface area contributed by atoms with Gasteiger partial charge in [0.05, 0.1) is 12.0 Å². The highest BCUT2D eigenvalue weighted by atomic mass is 19.1. The van der Waals surface area contributed by atoms with E-state index in [9.17, 15) is 13.6 Å². The molecule has 1 heterocycles. The van der Waals surface area contributed by atoms with E-state index in [0.29, 0.717) is 12.0 Å². The largest absolute Gasteiger partial charge is 0.349 e. The Morgan fingerprint density at radius 3 is 2.57 bits per heavy atom. The molecule has 2 bridgehead atoms. The molecule has 2 aliphatic rings. The van der Waals surface area contributed by atoms with Gasteiger partial charge in [0, 0.05) is 11.1 Å². The molecule has 1 aliphatic carbocycles. The number of carbonyl (C=O) groups is 1. The summed E-state index contributed by atoms with van der Waals surface area (Å²) in [5.74, 6) is -1.56. The Balaban J connectivity index is 2.30. The van der Waals surface area contributed by atoms with Crippen molar-refractivity contribution >= 4 is 5.91 Å². The third-order valence-corrected chi connectivity index (χ3v) is 2.98. The van der Waals surface area contributed by atoms with Gasteiger partial charge < -0.3 is 5.32 Å². The van der Waals surface area contributed by atoms with Crippen molar-refractivity contribution in [2.75, 3.05) is 0 Å². The topological polar surface area (TPSA) is 29.1 Å². The molecule has 0 aromatic heterocycles. The first-order valence-electron chi connectivity index (χ1n) is 4.46. The van der Waals surface area contributed by atoms with Gasteiger partial charge in [0.15, 0.2) is 0 Å². The zero-order chi connectivity index (χ0) is 9.87. The van der Waals surface area contributed by atoms with Crippen LogP contribution in [0.25, 0.3) is 0 Å². The Morgan fingerprint density at radius 1 is 1.21 bits per heavy atom. The maximum atomic E-state index is 13.4. The second-order valence-corrected chi connectivity index (χ2v) is 3.71. The van der Waals surface area contributed by atoms with Crippen LogP contribution in [0.1, 0.15) is 29.5 Å². The number of rotatable bonds is 0. The van der Waals surface area contributed by atoms with Crippen molar-refractivity contribution in [3.05, 3.63) is 34.9 Å². The fraction of sp³-hybridized carbons (Fsp3) is 0.300. The van der Waals surface area contributed by atoms with E-state index >= 15 is 0 Å². The Morgan fingerprint density at radius 2 is 1.86 bits per heavy atom. The van der Waals surface area contributed by atoms with Gasteiger partial charge in [-0.3, -0.25) is 4.79 Å². The molecule has 0 radical (unpaired) electrons. The van der Waals surface area contributed by atoms with E-state index in [4.69, 9.17) is 0 Å². The van der Waals surface area contributed by atoms with Crippen LogP contribution in [0.2, 0.25) is 0 Å². The van der Waals surface area contributed by atoms with Gasteiger partial charge in [0.2, 0.25) is 5.91 Å². The van der Waals surface area contributed by atoms with E-state index < -0.39 is 17.6 Å². The minimum Gasteiger partial charge on any atom is -0.349 e. The summed E-state index contributed by atoms with van der Waals surface area (Å²) in [6.07, 6.45) is 0.492. The van der Waals surface area contributed by atoms with E-state index in [1.165, 1.54) is 0 Å². The second kappa shape index (κ2) is 2.32. The standard InChI is InChI=1S/C10H7F2NO/c11-5-1-2-6(12)9-7-3-4(8(5)9)10(14)13-7/h1-2,4,7H,3H2,(H,13,14). The predicted octanol–water partition coefficient (Wildman–Crippen LogP) is 1.62. The van der Waals surface area contributed by atoms with Crippen molar-refractivity contribution in [3.8, 4) is 0 Å². The summed E-state index contributed by atoms with van der Waals surface area (Å²) in [4.78, 5) is 11.3. The lowest BCUT2D eigenvalue weighted by atomic mass is 9.98. The first kappa shape index (κ1) is 7.91. The lowest BCUT2D eigenvalue weighted by Gasteiger charge is -2.16. The smallest absolute Gasteiger partial charge is 0.228 e. The first-order valence-corrected chi connectivity index (χ1v) is 4.46. The molecule has 3 rings (SSSR count). The molecule has 2 nitrogen and oxygen atoms in total. The highest BCUT2D eigenvalue weighted by Gasteiger charge is 2.46. The fourth-order valence-corrected chi connectivity index (χ4v) is 2.40. The summed E-state index contributed by atoms with van der Waals surface area (Å²) in [6.45, 7) is 0. The highest BCUT2D eigenvalue weighted by molar-refractivity contribution is 5.89. The monoisotopic (exact) mass is 195 g/mol. The molecule has 1 aliphatic heterocycles. The van der Waals surface area contributed by atoms with Crippen molar-refractivity contribution in [3.63, 3.8) is 0 Å². The zero-order valence-corrected chi connectivity index (χ0v) is 7.18. The van der Waals surface area contributed by atoms with Gasteiger partial charge in [-0.15, -0.1) is 0 Å². The third-order valence-electron chi connectivity index (χ3n) is 2.98. The molecule has 14 heavy (non-hydrogen) atoms. The third kappa shape index (κ3) is 0.761. The van der Waals surface area contributed by atoms with Gasteiger partial charge in [-0.2, -0.15) is 0 Å². The lowest BCUT2D eigenvalue weighted by molar-refractivity contribution is -0.121. The molecule has 1 saturated heterocycles. The quantitative estimate of drug-likeness (QED) is 0.669. The molecule has 1 aromatic carbocycles. The SMILES string of the molecule is O=C1NC2CC1c1c(F)ccc(F)c12. The maximum absolute atomic E-state index is 13.4. The van der Waals surface area contributed by atoms with E-state index in [-0.39, 0.29) is 17.5 Å². The van der Waals surface area contributed by atoms with Crippen molar-refractivity contribution < 1.29 is 13.6 Å². The van der Waals surface area contributed by atoms with Crippen molar-refractivity contribution in [1.82, 2.24) is 5.32 Å². The number of halogens is 2. The van der Waals surface area contributed by atoms with Gasteiger partial charge in [-0.05, 0) is 18.6 Å². The van der Waals surface area contributed by atoms with Gasteiger partial charge in [0.25, 0.3) is 0 Å². The molecule has 1 amide bonds. The van der Waals surface area contributed by atoms with E-state index in [1.54, 1.807) is 0 Å². The number of carbonyl (C=O) groups excluding carboxylic acids is 1. The van der Waals surface area contributed by atoms with Gasteiger partial charge in [-0.1, -0.05) is 0 Å². The van der Waals surface area contributed by atoms with Crippen LogP contribution in [0, 0.1) is 11.6 Å². The number of amides is 1. The van der Waals surface area contributed by atoms with Crippen LogP contribution < -0.4 is 5.32 Å². The number of hydrogen-bond acceptors (Lipinski definition) is 1. The fourth-order valence-electron chi connectivity index (χ4n) is 2.40.